The molecular formula is C12H19NO3S. The lowest BCUT2D eigenvalue weighted by Crippen LogP contribution is -2.34. The SMILES string of the molecule is CC1(C)CC(=O)C=C(N[C@@H]2CCS(=O)(=O)C2)C1. The van der Waals surface area contributed by atoms with E-state index >= 15 is 0 Å². The first-order chi connectivity index (χ1) is 7.76. The van der Waals surface area contributed by atoms with E-state index < -0.39 is 9.84 Å². The predicted octanol–water partition coefficient (Wildman–Crippen LogP) is 1.04. The zero-order valence-corrected chi connectivity index (χ0v) is 11.1. The highest BCUT2D eigenvalue weighted by molar-refractivity contribution is 7.91. The van der Waals surface area contributed by atoms with E-state index in [0.29, 0.717) is 12.8 Å². The van der Waals surface area contributed by atoms with Gasteiger partial charge in [-0.2, -0.15) is 0 Å². The minimum atomic E-state index is -2.86. The summed E-state index contributed by atoms with van der Waals surface area (Å²) in [6.45, 7) is 4.12. The first-order valence-electron chi connectivity index (χ1n) is 5.96. The van der Waals surface area contributed by atoms with Crippen LogP contribution in [-0.4, -0.2) is 31.7 Å². The van der Waals surface area contributed by atoms with E-state index in [1.165, 1.54) is 0 Å². The molecule has 0 radical (unpaired) electrons. The van der Waals surface area contributed by atoms with Crippen molar-refractivity contribution in [2.45, 2.75) is 39.2 Å². The van der Waals surface area contributed by atoms with Crippen molar-refractivity contribution < 1.29 is 13.2 Å². The molecule has 0 saturated carbocycles. The molecule has 1 fully saturated rings. The zero-order chi connectivity index (χ0) is 12.7. The van der Waals surface area contributed by atoms with Crippen molar-refractivity contribution in [1.82, 2.24) is 5.32 Å². The molecule has 0 bridgehead atoms. The van der Waals surface area contributed by atoms with Gasteiger partial charge in [0.1, 0.15) is 0 Å². The third kappa shape index (κ3) is 3.31. The molecule has 1 aliphatic heterocycles. The Kier molecular flexibility index (Phi) is 3.06. The lowest BCUT2D eigenvalue weighted by Gasteiger charge is -2.30. The lowest BCUT2D eigenvalue weighted by molar-refractivity contribution is -0.117. The molecule has 4 nitrogen and oxygen atoms in total. The Bertz CT molecular complexity index is 462. The van der Waals surface area contributed by atoms with Gasteiger partial charge >= 0.3 is 0 Å². The van der Waals surface area contributed by atoms with Crippen LogP contribution in [0.15, 0.2) is 11.8 Å². The van der Waals surface area contributed by atoms with Crippen molar-refractivity contribution in [1.29, 1.82) is 0 Å². The summed E-state index contributed by atoms with van der Waals surface area (Å²) in [6.07, 6.45) is 3.67. The summed E-state index contributed by atoms with van der Waals surface area (Å²) in [5, 5.41) is 3.22. The molecule has 96 valence electrons. The number of ketones is 1. The highest BCUT2D eigenvalue weighted by Crippen LogP contribution is 2.33. The third-order valence-electron chi connectivity index (χ3n) is 3.28. The van der Waals surface area contributed by atoms with Crippen LogP contribution in [0.25, 0.3) is 0 Å². The molecule has 0 amide bonds. The number of rotatable bonds is 2. The van der Waals surface area contributed by atoms with Gasteiger partial charge in [-0.3, -0.25) is 4.79 Å². The van der Waals surface area contributed by atoms with Crippen molar-refractivity contribution >= 4 is 15.6 Å². The second kappa shape index (κ2) is 4.12. The van der Waals surface area contributed by atoms with E-state index in [1.807, 2.05) is 0 Å². The van der Waals surface area contributed by atoms with Crippen molar-refractivity contribution in [2.24, 2.45) is 5.41 Å². The molecular weight excluding hydrogens is 238 g/mol. The van der Waals surface area contributed by atoms with Gasteiger partial charge in [0.25, 0.3) is 0 Å². The Morgan fingerprint density at radius 2 is 2.06 bits per heavy atom. The summed E-state index contributed by atoms with van der Waals surface area (Å²) in [4.78, 5) is 11.6. The van der Waals surface area contributed by atoms with Gasteiger partial charge in [0.15, 0.2) is 15.6 Å². The average molecular weight is 257 g/mol. The van der Waals surface area contributed by atoms with Crippen molar-refractivity contribution in [3.05, 3.63) is 11.8 Å². The number of carbonyl (C=O) groups excluding carboxylic acids is 1. The molecule has 1 heterocycles. The minimum absolute atomic E-state index is 0.0204. The third-order valence-corrected chi connectivity index (χ3v) is 5.05. The van der Waals surface area contributed by atoms with Crippen LogP contribution in [0.1, 0.15) is 33.1 Å². The van der Waals surface area contributed by atoms with Crippen molar-refractivity contribution in [3.8, 4) is 0 Å². The number of allylic oxidation sites excluding steroid dienone is 2. The normalized spacial score (nSPS) is 31.1. The van der Waals surface area contributed by atoms with Crippen LogP contribution >= 0.6 is 0 Å². The van der Waals surface area contributed by atoms with E-state index in [1.54, 1.807) is 6.08 Å². The van der Waals surface area contributed by atoms with Crippen molar-refractivity contribution in [2.75, 3.05) is 11.5 Å². The van der Waals surface area contributed by atoms with Crippen LogP contribution in [0.3, 0.4) is 0 Å². The van der Waals surface area contributed by atoms with Crippen LogP contribution in [0.2, 0.25) is 0 Å². The van der Waals surface area contributed by atoms with Crippen molar-refractivity contribution in [3.63, 3.8) is 0 Å². The summed E-state index contributed by atoms with van der Waals surface area (Å²) < 4.78 is 22.7. The molecule has 0 spiro atoms. The summed E-state index contributed by atoms with van der Waals surface area (Å²) in [5.41, 5.74) is 0.874. The molecule has 5 heteroatoms. The second-order valence-electron chi connectivity index (χ2n) is 5.90. The quantitative estimate of drug-likeness (QED) is 0.802. The van der Waals surface area contributed by atoms with E-state index in [-0.39, 0.29) is 28.7 Å². The highest BCUT2D eigenvalue weighted by Gasteiger charge is 2.32. The molecule has 1 saturated heterocycles. The van der Waals surface area contributed by atoms with Crippen LogP contribution in [-0.2, 0) is 14.6 Å². The van der Waals surface area contributed by atoms with Gasteiger partial charge in [-0.25, -0.2) is 8.42 Å². The molecule has 17 heavy (non-hydrogen) atoms. The maximum atomic E-state index is 11.6. The Morgan fingerprint density at radius 3 is 2.59 bits per heavy atom. The van der Waals surface area contributed by atoms with Gasteiger partial charge in [-0.1, -0.05) is 13.8 Å². The molecule has 1 atom stereocenters. The molecule has 0 unspecified atom stereocenters. The van der Waals surface area contributed by atoms with Crippen LogP contribution < -0.4 is 5.32 Å². The fourth-order valence-corrected chi connectivity index (χ4v) is 4.28. The molecule has 0 aromatic rings. The fraction of sp³-hybridized carbons (Fsp3) is 0.750. The number of sulfone groups is 1. The summed E-state index contributed by atoms with van der Waals surface area (Å²) >= 11 is 0. The van der Waals surface area contributed by atoms with Gasteiger partial charge in [0, 0.05) is 24.2 Å². The first kappa shape index (κ1) is 12.6. The average Bonchev–Trinajstić information content (AvgIpc) is 2.41. The molecule has 2 rings (SSSR count). The number of hydrogen-bond acceptors (Lipinski definition) is 4. The standard InChI is InChI=1S/C12H19NO3S/c1-12(2)6-10(5-11(14)7-12)13-9-3-4-17(15,16)8-9/h5,9,13H,3-4,6-8H2,1-2H3/t9-/m1/s1. The maximum Gasteiger partial charge on any atom is 0.157 e. The van der Waals surface area contributed by atoms with Gasteiger partial charge in [0.2, 0.25) is 0 Å². The van der Waals surface area contributed by atoms with E-state index in [0.717, 1.165) is 12.1 Å². The van der Waals surface area contributed by atoms with Crippen LogP contribution in [0, 0.1) is 5.41 Å². The van der Waals surface area contributed by atoms with Gasteiger partial charge < -0.3 is 5.32 Å². The largest absolute Gasteiger partial charge is 0.384 e. The summed E-state index contributed by atoms with van der Waals surface area (Å²) in [6, 6.07) is -0.0204. The Labute approximate surface area is 102 Å². The first-order valence-corrected chi connectivity index (χ1v) is 7.78. The van der Waals surface area contributed by atoms with E-state index in [4.69, 9.17) is 0 Å². The van der Waals surface area contributed by atoms with E-state index in [9.17, 15) is 13.2 Å². The summed E-state index contributed by atoms with van der Waals surface area (Å²) in [7, 11) is -2.86. The molecule has 2 aliphatic rings. The topological polar surface area (TPSA) is 63.2 Å². The predicted molar refractivity (Wildman–Crippen MR) is 66.3 cm³/mol. The molecule has 0 aromatic carbocycles. The Balaban J connectivity index is 2.03. The second-order valence-corrected chi connectivity index (χ2v) is 8.13. The monoisotopic (exact) mass is 257 g/mol. The van der Waals surface area contributed by atoms with Gasteiger partial charge in [-0.05, 0) is 18.3 Å². The zero-order valence-electron chi connectivity index (χ0n) is 10.3. The smallest absolute Gasteiger partial charge is 0.157 e. The van der Waals surface area contributed by atoms with Crippen LogP contribution in [0.5, 0.6) is 0 Å². The maximum absolute atomic E-state index is 11.6. The van der Waals surface area contributed by atoms with Gasteiger partial charge in [0.05, 0.1) is 11.5 Å². The lowest BCUT2D eigenvalue weighted by atomic mass is 9.79. The van der Waals surface area contributed by atoms with Crippen LogP contribution in [0.4, 0.5) is 0 Å². The fourth-order valence-electron chi connectivity index (χ4n) is 2.61. The molecule has 1 aliphatic carbocycles. The van der Waals surface area contributed by atoms with E-state index in [2.05, 4.69) is 19.2 Å². The minimum Gasteiger partial charge on any atom is -0.384 e. The number of carbonyl (C=O) groups is 1. The Hall–Kier alpha value is -0.840. The number of nitrogens with one attached hydrogen (secondary N) is 1. The molecule has 0 aromatic heterocycles. The summed E-state index contributed by atoms with van der Waals surface area (Å²) in [5.74, 6) is 0.582. The number of hydrogen-bond donors (Lipinski definition) is 1. The Morgan fingerprint density at radius 1 is 1.35 bits per heavy atom. The van der Waals surface area contributed by atoms with Gasteiger partial charge in [-0.15, -0.1) is 0 Å². The highest BCUT2D eigenvalue weighted by atomic mass is 32.2. The molecule has 1 N–H and O–H groups in total.